The number of hydrogen-bond donors (Lipinski definition) is 0. The lowest BCUT2D eigenvalue weighted by Gasteiger charge is -2.35. The number of rotatable bonds is 3. The van der Waals surface area contributed by atoms with E-state index in [1.54, 1.807) is 17.7 Å². The van der Waals surface area contributed by atoms with Gasteiger partial charge in [-0.25, -0.2) is 9.97 Å². The largest absolute Gasteiger partial charge is 0.309 e. The molecule has 3 heterocycles. The molecule has 0 radical (unpaired) electrons. The number of anilines is 1. The third-order valence-electron chi connectivity index (χ3n) is 4.35. The number of aromatic nitrogens is 2. The highest BCUT2D eigenvalue weighted by Gasteiger charge is 2.27. The average Bonchev–Trinajstić information content (AvgIpc) is 3.09. The van der Waals surface area contributed by atoms with Crippen molar-refractivity contribution in [1.29, 1.82) is 0 Å². The van der Waals surface area contributed by atoms with E-state index >= 15 is 0 Å². The van der Waals surface area contributed by atoms with Gasteiger partial charge in [0.2, 0.25) is 5.91 Å². The number of para-hydroxylation sites is 1. The number of carbonyl (C=O) groups excluding carboxylic acids is 1. The quantitative estimate of drug-likeness (QED) is 0.523. The lowest BCUT2D eigenvalue weighted by atomic mass is 9.97. The molecule has 1 aromatic carbocycles. The average molecular weight is 355 g/mol. The maximum atomic E-state index is 12.9. The van der Waals surface area contributed by atoms with Crippen LogP contribution in [0.15, 0.2) is 47.1 Å². The molecular weight excluding hydrogens is 338 g/mol. The predicted octanol–water partition coefficient (Wildman–Crippen LogP) is 4.15. The molecule has 1 aliphatic rings. The first kappa shape index (κ1) is 15.6. The van der Waals surface area contributed by atoms with E-state index < -0.39 is 0 Å². The summed E-state index contributed by atoms with van der Waals surface area (Å²) >= 11 is 3.09. The van der Waals surface area contributed by atoms with Gasteiger partial charge >= 0.3 is 0 Å². The van der Waals surface area contributed by atoms with Crippen LogP contribution in [-0.2, 0) is 11.2 Å². The summed E-state index contributed by atoms with van der Waals surface area (Å²) in [6, 6.07) is 10.5. The summed E-state index contributed by atoms with van der Waals surface area (Å²) in [5.74, 6) is 0.530. The topological polar surface area (TPSA) is 46.1 Å². The van der Waals surface area contributed by atoms with Gasteiger partial charge in [-0.05, 0) is 42.8 Å². The number of carbonyl (C=O) groups is 1. The molecule has 3 aromatic rings. The van der Waals surface area contributed by atoms with E-state index in [1.807, 2.05) is 28.5 Å². The van der Waals surface area contributed by atoms with Crippen molar-refractivity contribution in [2.75, 3.05) is 10.7 Å². The number of benzene rings is 1. The molecule has 0 N–H and O–H groups in total. The zero-order valence-corrected chi connectivity index (χ0v) is 14.9. The van der Waals surface area contributed by atoms with E-state index in [9.17, 15) is 4.79 Å². The lowest BCUT2D eigenvalue weighted by Crippen LogP contribution is -2.43. The Morgan fingerprint density at radius 1 is 1.33 bits per heavy atom. The number of thioether (sulfide) groups is 1. The van der Waals surface area contributed by atoms with Crippen molar-refractivity contribution in [3.05, 3.63) is 47.6 Å². The Kier molecular flexibility index (Phi) is 4.24. The Labute approximate surface area is 148 Å². The monoisotopic (exact) mass is 355 g/mol. The first-order valence-electron chi connectivity index (χ1n) is 7.95. The Balaban J connectivity index is 1.55. The molecule has 1 amide bonds. The van der Waals surface area contributed by atoms with Gasteiger partial charge in [-0.3, -0.25) is 4.79 Å². The van der Waals surface area contributed by atoms with Crippen molar-refractivity contribution >= 4 is 44.9 Å². The highest BCUT2D eigenvalue weighted by Crippen LogP contribution is 2.32. The first-order chi connectivity index (χ1) is 11.7. The molecule has 0 aliphatic carbocycles. The summed E-state index contributed by atoms with van der Waals surface area (Å²) < 4.78 is 0. The van der Waals surface area contributed by atoms with Crippen LogP contribution in [0, 0.1) is 0 Å². The fourth-order valence-electron chi connectivity index (χ4n) is 3.15. The van der Waals surface area contributed by atoms with Crippen LogP contribution in [-0.4, -0.2) is 27.7 Å². The SMILES string of the molecule is CC1CCc2ccccc2N1C(=O)CSc1ncnc2sccc12. The normalized spacial score (nSPS) is 17.0. The Hall–Kier alpha value is -1.92. The summed E-state index contributed by atoms with van der Waals surface area (Å²) in [4.78, 5) is 24.4. The molecule has 0 bridgehead atoms. The van der Waals surface area contributed by atoms with Gasteiger partial charge in [0.1, 0.15) is 16.2 Å². The second-order valence-corrected chi connectivity index (χ2v) is 7.75. The second-order valence-electron chi connectivity index (χ2n) is 5.89. The second kappa shape index (κ2) is 6.53. The summed E-state index contributed by atoms with van der Waals surface area (Å²) in [5, 5.41) is 3.92. The third-order valence-corrected chi connectivity index (χ3v) is 6.16. The van der Waals surface area contributed by atoms with E-state index in [0.717, 1.165) is 33.8 Å². The van der Waals surface area contributed by atoms with Crippen LogP contribution in [0.1, 0.15) is 18.9 Å². The smallest absolute Gasteiger partial charge is 0.237 e. The molecule has 2 aromatic heterocycles. The number of thiophene rings is 1. The van der Waals surface area contributed by atoms with Crippen LogP contribution >= 0.6 is 23.1 Å². The molecule has 0 spiro atoms. The Morgan fingerprint density at radius 3 is 3.12 bits per heavy atom. The lowest BCUT2D eigenvalue weighted by molar-refractivity contribution is -0.116. The number of hydrogen-bond acceptors (Lipinski definition) is 5. The molecule has 24 heavy (non-hydrogen) atoms. The summed E-state index contributed by atoms with van der Waals surface area (Å²) in [7, 11) is 0. The van der Waals surface area contributed by atoms with Crippen LogP contribution < -0.4 is 4.90 Å². The molecule has 0 fully saturated rings. The highest BCUT2D eigenvalue weighted by molar-refractivity contribution is 8.00. The van der Waals surface area contributed by atoms with Crippen molar-refractivity contribution in [2.24, 2.45) is 0 Å². The van der Waals surface area contributed by atoms with Crippen molar-refractivity contribution in [1.82, 2.24) is 9.97 Å². The van der Waals surface area contributed by atoms with E-state index in [2.05, 4.69) is 29.0 Å². The molecule has 1 aliphatic heterocycles. The van der Waals surface area contributed by atoms with Gasteiger partial charge in [-0.1, -0.05) is 30.0 Å². The minimum absolute atomic E-state index is 0.140. The van der Waals surface area contributed by atoms with Gasteiger partial charge in [0.05, 0.1) is 5.75 Å². The standard InChI is InChI=1S/C18H17N3OS2/c1-12-6-7-13-4-2-3-5-15(13)21(12)16(22)10-24-18-14-8-9-23-17(14)19-11-20-18/h2-5,8-9,11-12H,6-7,10H2,1H3. The van der Waals surface area contributed by atoms with Gasteiger partial charge in [-0.2, -0.15) is 0 Å². The molecule has 1 unspecified atom stereocenters. The Morgan fingerprint density at radius 2 is 2.21 bits per heavy atom. The van der Waals surface area contributed by atoms with Crippen LogP contribution in [0.25, 0.3) is 10.2 Å². The fraction of sp³-hybridized carbons (Fsp3) is 0.278. The molecule has 122 valence electrons. The number of fused-ring (bicyclic) bond motifs is 2. The molecular formula is C18H17N3OS2. The van der Waals surface area contributed by atoms with E-state index in [0.29, 0.717) is 5.75 Å². The molecule has 4 nitrogen and oxygen atoms in total. The van der Waals surface area contributed by atoms with Gasteiger partial charge in [0.15, 0.2) is 0 Å². The zero-order chi connectivity index (χ0) is 16.5. The van der Waals surface area contributed by atoms with Gasteiger partial charge < -0.3 is 4.90 Å². The van der Waals surface area contributed by atoms with Gasteiger partial charge in [0, 0.05) is 17.1 Å². The summed E-state index contributed by atoms with van der Waals surface area (Å²) in [6.07, 6.45) is 3.62. The molecule has 1 atom stereocenters. The number of nitrogens with zero attached hydrogens (tertiary/aromatic N) is 3. The van der Waals surface area contributed by atoms with Crippen LogP contribution in [0.5, 0.6) is 0 Å². The van der Waals surface area contributed by atoms with Crippen LogP contribution in [0.3, 0.4) is 0 Å². The van der Waals surface area contributed by atoms with Crippen molar-refractivity contribution in [2.45, 2.75) is 30.8 Å². The minimum Gasteiger partial charge on any atom is -0.309 e. The van der Waals surface area contributed by atoms with Crippen LogP contribution in [0.2, 0.25) is 0 Å². The fourth-order valence-corrected chi connectivity index (χ4v) is 4.79. The molecule has 4 rings (SSSR count). The van der Waals surface area contributed by atoms with E-state index in [4.69, 9.17) is 0 Å². The molecule has 0 saturated carbocycles. The molecule has 0 saturated heterocycles. The number of aryl methyl sites for hydroxylation is 1. The number of amides is 1. The van der Waals surface area contributed by atoms with Crippen molar-refractivity contribution in [3.63, 3.8) is 0 Å². The van der Waals surface area contributed by atoms with Crippen LogP contribution in [0.4, 0.5) is 5.69 Å². The predicted molar refractivity (Wildman–Crippen MR) is 99.9 cm³/mol. The van der Waals surface area contributed by atoms with Gasteiger partial charge in [0.25, 0.3) is 0 Å². The van der Waals surface area contributed by atoms with Crippen molar-refractivity contribution < 1.29 is 4.79 Å². The molecule has 6 heteroatoms. The summed E-state index contributed by atoms with van der Waals surface area (Å²) in [5.41, 5.74) is 2.32. The van der Waals surface area contributed by atoms with Crippen molar-refractivity contribution in [3.8, 4) is 0 Å². The minimum atomic E-state index is 0.140. The first-order valence-corrected chi connectivity index (χ1v) is 9.81. The summed E-state index contributed by atoms with van der Waals surface area (Å²) in [6.45, 7) is 2.13. The maximum absolute atomic E-state index is 12.9. The third kappa shape index (κ3) is 2.80. The zero-order valence-electron chi connectivity index (χ0n) is 13.3. The Bertz CT molecular complexity index is 893. The van der Waals surface area contributed by atoms with E-state index in [-0.39, 0.29) is 11.9 Å². The van der Waals surface area contributed by atoms with Gasteiger partial charge in [-0.15, -0.1) is 11.3 Å². The highest BCUT2D eigenvalue weighted by atomic mass is 32.2. The maximum Gasteiger partial charge on any atom is 0.237 e. The van der Waals surface area contributed by atoms with E-state index in [1.165, 1.54) is 17.3 Å².